The van der Waals surface area contributed by atoms with Gasteiger partial charge in [-0.25, -0.2) is 0 Å². The van der Waals surface area contributed by atoms with Crippen LogP contribution in [0.5, 0.6) is 5.75 Å². The van der Waals surface area contributed by atoms with E-state index in [0.717, 1.165) is 16.9 Å². The fourth-order valence-corrected chi connectivity index (χ4v) is 1.55. The lowest BCUT2D eigenvalue weighted by molar-refractivity contribution is 0.172. The smallest absolute Gasteiger partial charge is 0.124 e. The third kappa shape index (κ3) is 2.25. The van der Waals surface area contributed by atoms with Crippen molar-refractivity contribution in [1.82, 2.24) is 5.32 Å². The summed E-state index contributed by atoms with van der Waals surface area (Å²) < 4.78 is 5.21. The topological polar surface area (TPSA) is 41.5 Å². The number of methoxy groups -OCH3 is 1. The van der Waals surface area contributed by atoms with Gasteiger partial charge in [-0.2, -0.15) is 0 Å². The molecule has 1 unspecified atom stereocenters. The molecular formula is C11H17NO2. The highest BCUT2D eigenvalue weighted by atomic mass is 16.5. The monoisotopic (exact) mass is 195 g/mol. The van der Waals surface area contributed by atoms with Crippen molar-refractivity contribution in [3.8, 4) is 5.75 Å². The zero-order chi connectivity index (χ0) is 10.6. The van der Waals surface area contributed by atoms with Gasteiger partial charge in [0.1, 0.15) is 5.75 Å². The molecule has 0 amide bonds. The van der Waals surface area contributed by atoms with Crippen LogP contribution >= 0.6 is 0 Å². The summed E-state index contributed by atoms with van der Waals surface area (Å²) in [6.45, 7) is 2.50. The van der Waals surface area contributed by atoms with Crippen LogP contribution < -0.4 is 10.1 Å². The van der Waals surface area contributed by atoms with Gasteiger partial charge in [0.2, 0.25) is 0 Å². The maximum atomic E-state index is 9.87. The molecule has 1 aromatic rings. The number of aliphatic hydroxyl groups is 1. The molecule has 0 heterocycles. The second kappa shape index (κ2) is 4.98. The van der Waals surface area contributed by atoms with E-state index < -0.39 is 6.10 Å². The summed E-state index contributed by atoms with van der Waals surface area (Å²) in [5.74, 6) is 0.743. The van der Waals surface area contributed by atoms with E-state index in [1.165, 1.54) is 0 Å². The number of aryl methyl sites for hydroxylation is 1. The molecule has 0 aliphatic rings. The van der Waals surface area contributed by atoms with Crippen LogP contribution in [0, 0.1) is 6.92 Å². The van der Waals surface area contributed by atoms with E-state index in [9.17, 15) is 5.11 Å². The minimum Gasteiger partial charge on any atom is -0.496 e. The minimum absolute atomic E-state index is 0.517. The highest BCUT2D eigenvalue weighted by molar-refractivity contribution is 5.41. The van der Waals surface area contributed by atoms with E-state index >= 15 is 0 Å². The Morgan fingerprint density at radius 3 is 2.79 bits per heavy atom. The highest BCUT2D eigenvalue weighted by Crippen LogP contribution is 2.27. The maximum absolute atomic E-state index is 9.87. The van der Waals surface area contributed by atoms with Gasteiger partial charge in [0.05, 0.1) is 13.2 Å². The number of likely N-dealkylation sites (N-methyl/N-ethyl adjacent to an activating group) is 1. The van der Waals surface area contributed by atoms with Crippen LogP contribution in [-0.4, -0.2) is 25.8 Å². The molecule has 0 aliphatic carbocycles. The molecule has 0 fully saturated rings. The Labute approximate surface area is 84.7 Å². The molecule has 0 aromatic heterocycles. The van der Waals surface area contributed by atoms with Crippen molar-refractivity contribution < 1.29 is 9.84 Å². The number of rotatable bonds is 4. The normalized spacial score (nSPS) is 12.6. The highest BCUT2D eigenvalue weighted by Gasteiger charge is 2.14. The van der Waals surface area contributed by atoms with Crippen LogP contribution in [0.2, 0.25) is 0 Å². The Morgan fingerprint density at radius 2 is 2.21 bits per heavy atom. The Morgan fingerprint density at radius 1 is 1.50 bits per heavy atom. The SMILES string of the molecule is CNCC(O)c1c(C)cccc1OC. The van der Waals surface area contributed by atoms with Crippen LogP contribution in [-0.2, 0) is 0 Å². The molecule has 0 aliphatic heterocycles. The summed E-state index contributed by atoms with van der Waals surface area (Å²) in [5.41, 5.74) is 1.91. The first-order chi connectivity index (χ1) is 6.70. The first-order valence-electron chi connectivity index (χ1n) is 4.67. The van der Waals surface area contributed by atoms with Crippen molar-refractivity contribution in [3.05, 3.63) is 29.3 Å². The second-order valence-corrected chi connectivity index (χ2v) is 3.26. The summed E-state index contributed by atoms with van der Waals surface area (Å²) in [7, 11) is 3.43. The van der Waals surface area contributed by atoms with Crippen molar-refractivity contribution in [2.45, 2.75) is 13.0 Å². The van der Waals surface area contributed by atoms with Gasteiger partial charge in [-0.1, -0.05) is 12.1 Å². The molecule has 78 valence electrons. The number of benzene rings is 1. The number of ether oxygens (including phenoxy) is 1. The number of aliphatic hydroxyl groups excluding tert-OH is 1. The molecule has 14 heavy (non-hydrogen) atoms. The summed E-state index contributed by atoms with van der Waals surface area (Å²) in [6, 6.07) is 5.75. The Bertz CT molecular complexity index is 299. The van der Waals surface area contributed by atoms with Crippen molar-refractivity contribution in [2.24, 2.45) is 0 Å². The number of hydrogen-bond donors (Lipinski definition) is 2. The first-order valence-corrected chi connectivity index (χ1v) is 4.67. The molecule has 1 rings (SSSR count). The molecule has 3 heteroatoms. The van der Waals surface area contributed by atoms with E-state index in [4.69, 9.17) is 4.74 Å². The molecule has 3 nitrogen and oxygen atoms in total. The molecule has 0 bridgehead atoms. The van der Waals surface area contributed by atoms with Gasteiger partial charge in [-0.3, -0.25) is 0 Å². The van der Waals surface area contributed by atoms with Crippen LogP contribution in [0.1, 0.15) is 17.2 Å². The van der Waals surface area contributed by atoms with Gasteiger partial charge in [-0.05, 0) is 25.6 Å². The molecule has 0 saturated heterocycles. The van der Waals surface area contributed by atoms with Gasteiger partial charge >= 0.3 is 0 Å². The van der Waals surface area contributed by atoms with Gasteiger partial charge in [-0.15, -0.1) is 0 Å². The van der Waals surface area contributed by atoms with Gasteiger partial charge < -0.3 is 15.2 Å². The average molecular weight is 195 g/mol. The summed E-state index contributed by atoms with van der Waals surface area (Å²) in [5, 5.41) is 12.8. The zero-order valence-corrected chi connectivity index (χ0v) is 8.87. The molecule has 0 radical (unpaired) electrons. The van der Waals surface area contributed by atoms with Gasteiger partial charge in [0, 0.05) is 12.1 Å². The quantitative estimate of drug-likeness (QED) is 0.760. The lowest BCUT2D eigenvalue weighted by atomic mass is 10.0. The van der Waals surface area contributed by atoms with Gasteiger partial charge in [0.15, 0.2) is 0 Å². The van der Waals surface area contributed by atoms with Crippen LogP contribution in [0.15, 0.2) is 18.2 Å². The van der Waals surface area contributed by atoms with E-state index in [2.05, 4.69) is 5.32 Å². The standard InChI is InChI=1S/C11H17NO2/c1-8-5-4-6-10(14-3)11(8)9(13)7-12-2/h4-6,9,12-13H,7H2,1-3H3. The maximum Gasteiger partial charge on any atom is 0.124 e. The largest absolute Gasteiger partial charge is 0.496 e. The van der Waals surface area contributed by atoms with Crippen molar-refractivity contribution >= 4 is 0 Å². The molecule has 0 saturated carbocycles. The molecular weight excluding hydrogens is 178 g/mol. The predicted molar refractivity (Wildman–Crippen MR) is 56.6 cm³/mol. The summed E-state index contributed by atoms with van der Waals surface area (Å²) in [4.78, 5) is 0. The lowest BCUT2D eigenvalue weighted by Gasteiger charge is -2.16. The van der Waals surface area contributed by atoms with Crippen molar-refractivity contribution in [1.29, 1.82) is 0 Å². The van der Waals surface area contributed by atoms with E-state index in [1.807, 2.05) is 32.2 Å². The van der Waals surface area contributed by atoms with E-state index in [1.54, 1.807) is 7.11 Å². The van der Waals surface area contributed by atoms with Crippen molar-refractivity contribution in [3.63, 3.8) is 0 Å². The van der Waals surface area contributed by atoms with E-state index in [-0.39, 0.29) is 0 Å². The lowest BCUT2D eigenvalue weighted by Crippen LogP contribution is -2.18. The van der Waals surface area contributed by atoms with E-state index in [0.29, 0.717) is 6.54 Å². The predicted octanol–water partition coefficient (Wildman–Crippen LogP) is 1.26. The Kier molecular flexibility index (Phi) is 3.92. The third-order valence-electron chi connectivity index (χ3n) is 2.23. The summed E-state index contributed by atoms with van der Waals surface area (Å²) >= 11 is 0. The minimum atomic E-state index is -0.517. The number of hydrogen-bond acceptors (Lipinski definition) is 3. The summed E-state index contributed by atoms with van der Waals surface area (Å²) in [6.07, 6.45) is -0.517. The average Bonchev–Trinajstić information content (AvgIpc) is 2.17. The molecule has 2 N–H and O–H groups in total. The van der Waals surface area contributed by atoms with Gasteiger partial charge in [0.25, 0.3) is 0 Å². The fourth-order valence-electron chi connectivity index (χ4n) is 1.55. The molecule has 0 spiro atoms. The van der Waals surface area contributed by atoms with Crippen LogP contribution in [0.3, 0.4) is 0 Å². The van der Waals surface area contributed by atoms with Crippen LogP contribution in [0.25, 0.3) is 0 Å². The second-order valence-electron chi connectivity index (χ2n) is 3.26. The Hall–Kier alpha value is -1.06. The van der Waals surface area contributed by atoms with Crippen molar-refractivity contribution in [2.75, 3.05) is 20.7 Å². The van der Waals surface area contributed by atoms with Crippen LogP contribution in [0.4, 0.5) is 0 Å². The fraction of sp³-hybridized carbons (Fsp3) is 0.455. The molecule has 1 atom stereocenters. The number of nitrogens with one attached hydrogen (secondary N) is 1. The zero-order valence-electron chi connectivity index (χ0n) is 8.87. The third-order valence-corrected chi connectivity index (χ3v) is 2.23. The first kappa shape index (κ1) is 11.0. The Balaban J connectivity index is 3.03. The molecule has 1 aromatic carbocycles.